The minimum Gasteiger partial charge on any atom is -0.505 e. The number of ketones is 1. The molecule has 66 heavy (non-hydrogen) atoms. The van der Waals surface area contributed by atoms with E-state index in [-0.39, 0.29) is 67.4 Å². The second-order valence-corrected chi connectivity index (χ2v) is 19.2. The van der Waals surface area contributed by atoms with E-state index in [9.17, 15) is 29.4 Å². The molecule has 16 nitrogen and oxygen atoms in total. The highest BCUT2D eigenvalue weighted by molar-refractivity contribution is 6.26. The number of piperidine rings is 1. The Hall–Kier alpha value is -5.81. The maximum atomic E-state index is 14.8. The zero-order valence-electron chi connectivity index (χ0n) is 39.1. The topological polar surface area (TPSA) is 202 Å². The number of fused-ring (bicyclic) bond motifs is 9. The highest BCUT2D eigenvalue weighted by Crippen LogP contribution is 2.48. The van der Waals surface area contributed by atoms with Crippen molar-refractivity contribution in [3.05, 3.63) is 75.7 Å². The lowest BCUT2D eigenvalue weighted by atomic mass is 9.86. The molecule has 3 aromatic carbocycles. The highest BCUT2D eigenvalue weighted by atomic mass is 16.7. The summed E-state index contributed by atoms with van der Waals surface area (Å²) in [6, 6.07) is 5.17. The van der Waals surface area contributed by atoms with Gasteiger partial charge in [0.1, 0.15) is 40.4 Å². The summed E-state index contributed by atoms with van der Waals surface area (Å²) in [5, 5.41) is 26.1. The Bertz CT molecular complexity index is 2770. The number of amides is 1. The van der Waals surface area contributed by atoms with Gasteiger partial charge in [0, 0.05) is 80.1 Å². The van der Waals surface area contributed by atoms with Gasteiger partial charge in [-0.15, -0.1) is 0 Å². The van der Waals surface area contributed by atoms with Crippen LogP contribution in [0.2, 0.25) is 0 Å². The van der Waals surface area contributed by atoms with E-state index in [1.165, 1.54) is 40.2 Å². The Balaban J connectivity index is 1.28. The van der Waals surface area contributed by atoms with Crippen molar-refractivity contribution in [1.29, 1.82) is 0 Å². The molecule has 7 bridgehead atoms. The number of phenolic OH excluding ortho intramolecular Hbond substituents is 1. The van der Waals surface area contributed by atoms with Gasteiger partial charge in [0.05, 0.1) is 69.3 Å². The molecule has 0 unspecified atom stereocenters. The van der Waals surface area contributed by atoms with Crippen LogP contribution in [0.3, 0.4) is 0 Å². The summed E-state index contributed by atoms with van der Waals surface area (Å²) in [7, 11) is 5.92. The Labute approximate surface area is 382 Å². The number of hydrogen-bond acceptors (Lipinski definition) is 14. The number of carbonyl (C=O) groups excluding carboxylic acids is 3. The zero-order valence-corrected chi connectivity index (χ0v) is 39.1. The largest absolute Gasteiger partial charge is 0.505 e. The molecule has 4 aromatic rings. The van der Waals surface area contributed by atoms with Crippen molar-refractivity contribution in [2.75, 3.05) is 46.2 Å². The number of nitrogens with zero attached hydrogens (tertiary/aromatic N) is 2. The number of aliphatic hydroxyl groups excluding tert-OH is 1. The van der Waals surface area contributed by atoms with Gasteiger partial charge >= 0.3 is 11.8 Å². The van der Waals surface area contributed by atoms with Gasteiger partial charge < -0.3 is 52.9 Å². The molecule has 1 amide bonds. The van der Waals surface area contributed by atoms with Crippen LogP contribution in [-0.2, 0) is 28.5 Å². The SMILES string of the molecule is CO[C@H]1/C=C/O[C@@]2(C)Oc3c(C)c(=O)c4c(O)c(c5oc6cc(OCC7CC[N+](C)(C)CC7)ccc6nc5c4c3C2=O)NC(=O)/C(C)=C\C=C\[C@H](C)[C@@H]2O[C@H]([C@H](O)[C@@H]2C)[C@H](OC(C)=O)[C@@H]1C. The van der Waals surface area contributed by atoms with Gasteiger partial charge in [0.25, 0.3) is 11.7 Å². The van der Waals surface area contributed by atoms with Gasteiger partial charge in [0.2, 0.25) is 0 Å². The standard InChI is InChI=1S/C50H59N3O13/c1-24-12-11-13-25(2)49(59)52-39-42(57)36-35(38-46(39)64-34-22-31(14-15-32(34)51-38)61-23-30-16-19-53(8,9)20-17-30)37-44(27(4)40(36)55)66-50(7,48(37)58)62-21-18-33(60-10)26(3)45(63-29(6)54)47-41(56)28(5)43(24)65-47/h11-15,18,21-22,24,26,28,30,33,41,43,45,47,56H,16-17,19-20,23H2,1-10H3,(H-,51,52,55,57,58,59)/p+1/b12-11+,21-18+,25-13-/t24-,26+,28-,33-,41+,43-,45+,47+,50-/m0/s1. The van der Waals surface area contributed by atoms with Crippen molar-refractivity contribution < 1.29 is 61.9 Å². The fourth-order valence-electron chi connectivity index (χ4n) is 9.75. The number of rotatable bonds is 5. The number of carbonyl (C=O) groups is 3. The van der Waals surface area contributed by atoms with Crippen LogP contribution in [0.4, 0.5) is 5.69 Å². The molecule has 5 aliphatic heterocycles. The van der Waals surface area contributed by atoms with Crippen molar-refractivity contribution in [1.82, 2.24) is 4.98 Å². The van der Waals surface area contributed by atoms with Gasteiger partial charge in [-0.3, -0.25) is 19.2 Å². The van der Waals surface area contributed by atoms with Crippen molar-refractivity contribution >= 4 is 56.3 Å². The third kappa shape index (κ3) is 8.44. The maximum Gasteiger partial charge on any atom is 0.312 e. The number of aliphatic hydroxyl groups is 1. The number of anilines is 1. The number of ether oxygens (including phenoxy) is 6. The number of allylic oxidation sites excluding steroid dienone is 2. The van der Waals surface area contributed by atoms with Crippen LogP contribution in [0.5, 0.6) is 17.2 Å². The van der Waals surface area contributed by atoms with E-state index in [1.807, 2.05) is 19.9 Å². The van der Waals surface area contributed by atoms with E-state index in [2.05, 4.69) is 19.4 Å². The molecule has 352 valence electrons. The van der Waals surface area contributed by atoms with Gasteiger partial charge in [-0.1, -0.05) is 39.0 Å². The second kappa shape index (κ2) is 17.8. The summed E-state index contributed by atoms with van der Waals surface area (Å²) in [6.45, 7) is 13.9. The van der Waals surface area contributed by atoms with E-state index in [1.54, 1.807) is 44.2 Å². The molecule has 0 saturated carbocycles. The third-order valence-electron chi connectivity index (χ3n) is 13.9. The third-order valence-corrected chi connectivity index (χ3v) is 13.9. The number of Topliss-reactive ketones (excluding diaryl/α,β-unsaturated/α-hetero) is 1. The normalized spacial score (nSPS) is 31.1. The molecular formula is C50H60N3O13+. The van der Waals surface area contributed by atoms with Crippen LogP contribution in [0.1, 0.15) is 70.3 Å². The van der Waals surface area contributed by atoms with Crippen LogP contribution in [0, 0.1) is 30.6 Å². The number of likely N-dealkylation sites (tertiary alicyclic amines) is 1. The summed E-state index contributed by atoms with van der Waals surface area (Å²) >= 11 is 0. The lowest BCUT2D eigenvalue weighted by molar-refractivity contribution is -0.896. The van der Waals surface area contributed by atoms with E-state index >= 15 is 0 Å². The number of methoxy groups -OCH3 is 1. The summed E-state index contributed by atoms with van der Waals surface area (Å²) in [5.74, 6) is -4.98. The minimum absolute atomic E-state index is 0.00846. The first kappa shape index (κ1) is 46.7. The second-order valence-electron chi connectivity index (χ2n) is 19.2. The van der Waals surface area contributed by atoms with Crippen molar-refractivity contribution in [3.8, 4) is 17.2 Å². The van der Waals surface area contributed by atoms with Crippen LogP contribution in [-0.4, -0.2) is 115 Å². The minimum atomic E-state index is -2.03. The molecule has 0 spiro atoms. The van der Waals surface area contributed by atoms with E-state index in [0.29, 0.717) is 23.8 Å². The van der Waals surface area contributed by atoms with Crippen molar-refractivity contribution in [2.45, 2.75) is 97.6 Å². The van der Waals surface area contributed by atoms with E-state index in [0.717, 1.165) is 30.4 Å². The van der Waals surface area contributed by atoms with E-state index in [4.69, 9.17) is 37.8 Å². The number of aromatic hydroxyl groups is 1. The first-order chi connectivity index (χ1) is 31.2. The molecule has 9 rings (SSSR count). The Morgan fingerprint density at radius 1 is 1.03 bits per heavy atom. The Morgan fingerprint density at radius 3 is 2.45 bits per heavy atom. The number of phenols is 1. The summed E-state index contributed by atoms with van der Waals surface area (Å²) in [5.41, 5.74) is -0.220. The maximum absolute atomic E-state index is 14.8. The van der Waals surface area contributed by atoms with E-state index < -0.39 is 71.1 Å². The molecule has 0 radical (unpaired) electrons. The fourth-order valence-corrected chi connectivity index (χ4v) is 9.75. The number of hydrogen-bond donors (Lipinski definition) is 3. The monoisotopic (exact) mass is 910 g/mol. The molecule has 5 aliphatic rings. The Kier molecular flexibility index (Phi) is 12.6. The fraction of sp³-hybridized carbons (Fsp3) is 0.500. The van der Waals surface area contributed by atoms with Crippen LogP contribution < -0.4 is 20.2 Å². The quantitative estimate of drug-likeness (QED) is 0.0633. The summed E-state index contributed by atoms with van der Waals surface area (Å²) in [4.78, 5) is 60.6. The average molecular weight is 911 g/mol. The first-order valence-electron chi connectivity index (χ1n) is 22.6. The number of benzene rings is 3. The molecule has 1 aromatic heterocycles. The van der Waals surface area contributed by atoms with Gasteiger partial charge in [-0.25, -0.2) is 4.98 Å². The number of nitrogens with one attached hydrogen (secondary N) is 1. The molecule has 3 N–H and O–H groups in total. The van der Waals surface area contributed by atoms with Crippen LogP contribution >= 0.6 is 0 Å². The number of quaternary nitrogens is 1. The summed E-state index contributed by atoms with van der Waals surface area (Å²) in [6.07, 6.45) is 5.75. The molecule has 2 saturated heterocycles. The van der Waals surface area contributed by atoms with Crippen LogP contribution in [0.25, 0.3) is 33.0 Å². The molecule has 2 fully saturated rings. The van der Waals surface area contributed by atoms with Gasteiger partial charge in [0.15, 0.2) is 22.3 Å². The Morgan fingerprint density at radius 2 is 1.76 bits per heavy atom. The smallest absolute Gasteiger partial charge is 0.312 e. The average Bonchev–Trinajstić information content (AvgIpc) is 3.72. The van der Waals surface area contributed by atoms with Crippen molar-refractivity contribution in [2.24, 2.45) is 23.7 Å². The number of esters is 1. The number of aromatic nitrogens is 1. The molecular weight excluding hydrogens is 851 g/mol. The lowest BCUT2D eigenvalue weighted by Gasteiger charge is -2.37. The summed E-state index contributed by atoms with van der Waals surface area (Å²) < 4.78 is 44.3. The molecule has 6 heterocycles. The van der Waals surface area contributed by atoms with Gasteiger partial charge in [-0.2, -0.15) is 0 Å². The zero-order chi connectivity index (χ0) is 47.6. The highest BCUT2D eigenvalue weighted by Gasteiger charge is 2.51. The van der Waals surface area contributed by atoms with Crippen LogP contribution in [0.15, 0.2) is 63.6 Å². The molecule has 0 aliphatic carbocycles. The molecule has 16 heteroatoms. The first-order valence-corrected chi connectivity index (χ1v) is 22.6. The lowest BCUT2D eigenvalue weighted by Crippen LogP contribution is -2.46. The van der Waals surface area contributed by atoms with Crippen molar-refractivity contribution in [3.63, 3.8) is 0 Å². The molecule has 9 atom stereocenters. The predicted molar refractivity (Wildman–Crippen MR) is 245 cm³/mol. The van der Waals surface area contributed by atoms with Gasteiger partial charge in [-0.05, 0) is 32.1 Å². The predicted octanol–water partition coefficient (Wildman–Crippen LogP) is 6.63.